The second-order valence-electron chi connectivity index (χ2n) is 6.32. The molecule has 0 amide bonds. The van der Waals surface area contributed by atoms with E-state index in [4.69, 9.17) is 9.84 Å². The van der Waals surface area contributed by atoms with Crippen molar-refractivity contribution in [2.24, 2.45) is 0 Å². The molecule has 7 nitrogen and oxygen atoms in total. The van der Waals surface area contributed by atoms with Crippen LogP contribution in [-0.2, 0) is 6.54 Å². The van der Waals surface area contributed by atoms with Gasteiger partial charge in [0.25, 0.3) is 0 Å². The van der Waals surface area contributed by atoms with Crippen molar-refractivity contribution in [2.45, 2.75) is 26.0 Å². The summed E-state index contributed by atoms with van der Waals surface area (Å²) >= 11 is 0. The third-order valence-corrected chi connectivity index (χ3v) is 4.56. The average Bonchev–Trinajstić information content (AvgIpc) is 3.26. The molecule has 1 N–H and O–H groups in total. The molecule has 8 heteroatoms. The summed E-state index contributed by atoms with van der Waals surface area (Å²) in [7, 11) is 0. The Morgan fingerprint density at radius 1 is 1.23 bits per heavy atom. The molecule has 0 unspecified atom stereocenters. The number of hydrogen-bond donors (Lipinski definition) is 1. The van der Waals surface area contributed by atoms with Gasteiger partial charge in [0.1, 0.15) is 11.5 Å². The third-order valence-electron chi connectivity index (χ3n) is 4.56. The van der Waals surface area contributed by atoms with Gasteiger partial charge in [-0.3, -0.25) is 10.1 Å². The maximum atomic E-state index is 13.3. The highest BCUT2D eigenvalue weighted by atomic mass is 19.1. The van der Waals surface area contributed by atoms with E-state index in [1.165, 1.54) is 12.3 Å². The Hall–Kier alpha value is -3.29. The van der Waals surface area contributed by atoms with E-state index in [0.717, 1.165) is 29.5 Å². The second-order valence-corrected chi connectivity index (χ2v) is 6.32. The molecule has 1 aliphatic rings. The fourth-order valence-electron chi connectivity index (χ4n) is 3.28. The topological polar surface area (TPSA) is 81.5 Å². The number of halogens is 1. The minimum Gasteiger partial charge on any atom is -0.474 e. The fourth-order valence-corrected chi connectivity index (χ4v) is 3.28. The zero-order valence-corrected chi connectivity index (χ0v) is 14.0. The first-order chi connectivity index (χ1) is 12.7. The first-order valence-corrected chi connectivity index (χ1v) is 8.38. The van der Waals surface area contributed by atoms with E-state index < -0.39 is 0 Å². The molecule has 0 spiro atoms. The number of rotatable bonds is 2. The molecule has 0 radical (unpaired) electrons. The molecule has 0 aliphatic carbocycles. The molecule has 5 heterocycles. The molecule has 0 saturated carbocycles. The summed E-state index contributed by atoms with van der Waals surface area (Å²) in [5.74, 6) is 0.309. The van der Waals surface area contributed by atoms with Gasteiger partial charge in [-0.2, -0.15) is 10.2 Å². The molecule has 1 aliphatic heterocycles. The molecular formula is C18H15FN6O. The van der Waals surface area contributed by atoms with Crippen LogP contribution in [-0.4, -0.2) is 36.0 Å². The van der Waals surface area contributed by atoms with Crippen molar-refractivity contribution in [3.63, 3.8) is 0 Å². The van der Waals surface area contributed by atoms with Gasteiger partial charge < -0.3 is 4.74 Å². The third kappa shape index (κ3) is 2.26. The van der Waals surface area contributed by atoms with E-state index in [0.29, 0.717) is 22.9 Å². The molecule has 5 rings (SSSR count). The number of nitrogens with one attached hydrogen (secondary N) is 1. The number of pyridine rings is 2. The number of hydrogen-bond acceptors (Lipinski definition) is 5. The quantitative estimate of drug-likeness (QED) is 0.600. The lowest BCUT2D eigenvalue weighted by molar-refractivity contribution is 0.150. The lowest BCUT2D eigenvalue weighted by atomic mass is 10.0. The number of aromatic amines is 1. The number of H-pyrrole nitrogens is 1. The van der Waals surface area contributed by atoms with Gasteiger partial charge in [0, 0.05) is 30.1 Å². The van der Waals surface area contributed by atoms with Crippen molar-refractivity contribution < 1.29 is 9.13 Å². The van der Waals surface area contributed by atoms with Crippen molar-refractivity contribution in [2.75, 3.05) is 0 Å². The summed E-state index contributed by atoms with van der Waals surface area (Å²) in [6.45, 7) is 2.79. The number of aromatic nitrogens is 6. The molecule has 0 aromatic carbocycles. The fraction of sp³-hybridized carbons (Fsp3) is 0.222. The maximum Gasteiger partial charge on any atom is 0.220 e. The molecule has 0 fully saturated rings. The SMILES string of the molecule is C[C@@H]1CCn2nc(-c3ccc(F)cn3)c(-c3ccnc4[nH]ncc34)c2O1. The summed E-state index contributed by atoms with van der Waals surface area (Å²) in [4.78, 5) is 8.52. The Labute approximate surface area is 147 Å². The van der Waals surface area contributed by atoms with E-state index in [1.807, 2.05) is 17.7 Å². The predicted molar refractivity (Wildman–Crippen MR) is 93.0 cm³/mol. The highest BCUT2D eigenvalue weighted by Gasteiger charge is 2.28. The van der Waals surface area contributed by atoms with Gasteiger partial charge in [-0.25, -0.2) is 14.1 Å². The zero-order valence-electron chi connectivity index (χ0n) is 14.0. The second kappa shape index (κ2) is 5.62. The molecule has 26 heavy (non-hydrogen) atoms. The first-order valence-electron chi connectivity index (χ1n) is 8.38. The lowest BCUT2D eigenvalue weighted by Gasteiger charge is -2.22. The zero-order chi connectivity index (χ0) is 17.7. The van der Waals surface area contributed by atoms with Crippen LogP contribution in [0.4, 0.5) is 4.39 Å². The van der Waals surface area contributed by atoms with Crippen molar-refractivity contribution in [3.05, 3.63) is 42.6 Å². The van der Waals surface area contributed by atoms with Crippen molar-refractivity contribution >= 4 is 11.0 Å². The van der Waals surface area contributed by atoms with Crippen LogP contribution < -0.4 is 4.74 Å². The lowest BCUT2D eigenvalue weighted by Crippen LogP contribution is -2.23. The molecule has 4 aromatic heterocycles. The molecule has 0 saturated heterocycles. The van der Waals surface area contributed by atoms with Gasteiger partial charge in [-0.15, -0.1) is 0 Å². The molecular weight excluding hydrogens is 335 g/mol. The first kappa shape index (κ1) is 15.0. The highest BCUT2D eigenvalue weighted by molar-refractivity contribution is 5.98. The van der Waals surface area contributed by atoms with Gasteiger partial charge in [-0.1, -0.05) is 0 Å². The smallest absolute Gasteiger partial charge is 0.220 e. The number of ether oxygens (including phenoxy) is 1. The number of aryl methyl sites for hydroxylation is 1. The van der Waals surface area contributed by atoms with Gasteiger partial charge in [-0.05, 0) is 25.1 Å². The number of fused-ring (bicyclic) bond motifs is 2. The van der Waals surface area contributed by atoms with Crippen molar-refractivity contribution in [1.82, 2.24) is 29.9 Å². The molecule has 4 aromatic rings. The van der Waals surface area contributed by atoms with E-state index >= 15 is 0 Å². The van der Waals surface area contributed by atoms with Crippen LogP contribution in [0.5, 0.6) is 5.88 Å². The van der Waals surface area contributed by atoms with Gasteiger partial charge in [0.2, 0.25) is 5.88 Å². The summed E-state index contributed by atoms with van der Waals surface area (Å²) in [6.07, 6.45) is 5.61. The Bertz CT molecular complexity index is 1100. The van der Waals surface area contributed by atoms with Crippen LogP contribution >= 0.6 is 0 Å². The maximum absolute atomic E-state index is 13.3. The predicted octanol–water partition coefficient (Wildman–Crippen LogP) is 3.19. The Morgan fingerprint density at radius 2 is 2.15 bits per heavy atom. The van der Waals surface area contributed by atoms with Crippen LogP contribution in [0.2, 0.25) is 0 Å². The number of nitrogens with zero attached hydrogens (tertiary/aromatic N) is 5. The standard InChI is InChI=1S/C18H15FN6O/c1-10-5-7-25-18(26-10)15(12-4-6-20-17-13(12)9-22-23-17)16(24-25)14-3-2-11(19)8-21-14/h2-4,6,8-10H,5,7H2,1H3,(H,20,22,23)/t10-/m1/s1. The van der Waals surface area contributed by atoms with E-state index in [2.05, 4.69) is 20.2 Å². The van der Waals surface area contributed by atoms with Gasteiger partial charge in [0.05, 0.1) is 29.8 Å². The Balaban J connectivity index is 1.81. The van der Waals surface area contributed by atoms with Crippen LogP contribution in [0, 0.1) is 5.82 Å². The monoisotopic (exact) mass is 350 g/mol. The van der Waals surface area contributed by atoms with E-state index in [-0.39, 0.29) is 11.9 Å². The highest BCUT2D eigenvalue weighted by Crippen LogP contribution is 2.42. The van der Waals surface area contributed by atoms with E-state index in [9.17, 15) is 4.39 Å². The van der Waals surface area contributed by atoms with Gasteiger partial charge in [0.15, 0.2) is 5.65 Å². The van der Waals surface area contributed by atoms with Crippen molar-refractivity contribution in [3.8, 4) is 28.4 Å². The van der Waals surface area contributed by atoms with Gasteiger partial charge >= 0.3 is 0 Å². The summed E-state index contributed by atoms with van der Waals surface area (Å²) < 4.78 is 21.3. The average molecular weight is 350 g/mol. The molecule has 1 atom stereocenters. The van der Waals surface area contributed by atoms with Crippen molar-refractivity contribution in [1.29, 1.82) is 0 Å². The van der Waals surface area contributed by atoms with Crippen LogP contribution in [0.1, 0.15) is 13.3 Å². The van der Waals surface area contributed by atoms with E-state index in [1.54, 1.807) is 18.5 Å². The summed E-state index contributed by atoms with van der Waals surface area (Å²) in [5, 5.41) is 12.6. The van der Waals surface area contributed by atoms with Crippen LogP contribution in [0.25, 0.3) is 33.5 Å². The Kier molecular flexibility index (Phi) is 3.24. The summed E-state index contributed by atoms with van der Waals surface area (Å²) in [6, 6.07) is 4.92. The summed E-state index contributed by atoms with van der Waals surface area (Å²) in [5.41, 5.74) is 3.66. The minimum absolute atomic E-state index is 0.0913. The van der Waals surface area contributed by atoms with Crippen LogP contribution in [0.15, 0.2) is 36.8 Å². The minimum atomic E-state index is -0.384. The normalized spacial score (nSPS) is 16.5. The Morgan fingerprint density at radius 3 is 3.00 bits per heavy atom. The molecule has 0 bridgehead atoms. The largest absolute Gasteiger partial charge is 0.474 e. The molecule has 130 valence electrons. The van der Waals surface area contributed by atoms with Crippen LogP contribution in [0.3, 0.4) is 0 Å².